The second-order valence-corrected chi connectivity index (χ2v) is 5.07. The molecule has 0 bridgehead atoms. The Morgan fingerprint density at radius 2 is 2.33 bits per heavy atom. The highest BCUT2D eigenvalue weighted by Gasteiger charge is 2.17. The molecular weight excluding hydrogens is 246 g/mol. The second kappa shape index (κ2) is 4.62. The van der Waals surface area contributed by atoms with Gasteiger partial charge in [-0.1, -0.05) is 0 Å². The molecule has 0 amide bonds. The van der Waals surface area contributed by atoms with Gasteiger partial charge in [-0.05, 0) is 12.2 Å². The van der Waals surface area contributed by atoms with Crippen molar-refractivity contribution < 1.29 is 0 Å². The van der Waals surface area contributed by atoms with Crippen LogP contribution in [0.2, 0.25) is 0 Å². The number of nitrogens with zero attached hydrogens (tertiary/aromatic N) is 4. The van der Waals surface area contributed by atoms with E-state index in [0.717, 1.165) is 31.7 Å². The average Bonchev–Trinajstić information content (AvgIpc) is 2.75. The third-order valence-corrected chi connectivity index (χ3v) is 3.41. The van der Waals surface area contributed by atoms with Crippen molar-refractivity contribution in [1.82, 2.24) is 24.4 Å². The van der Waals surface area contributed by atoms with Crippen LogP contribution in [0, 0.1) is 4.77 Å². The number of hydrogen-bond donors (Lipinski definition) is 1. The fourth-order valence-corrected chi connectivity index (χ4v) is 2.49. The molecule has 0 unspecified atom stereocenters. The molecule has 0 aromatic carbocycles. The summed E-state index contributed by atoms with van der Waals surface area (Å²) in [6.45, 7) is 2.82. The van der Waals surface area contributed by atoms with Crippen molar-refractivity contribution >= 4 is 12.2 Å². The molecule has 1 N–H and O–H groups in total. The largest absolute Gasteiger partial charge is 0.340 e. The van der Waals surface area contributed by atoms with E-state index in [2.05, 4.69) is 26.0 Å². The Labute approximate surface area is 111 Å². The van der Waals surface area contributed by atoms with Crippen LogP contribution in [0.1, 0.15) is 17.0 Å². The quantitative estimate of drug-likeness (QED) is 0.831. The Morgan fingerprint density at radius 1 is 1.44 bits per heavy atom. The number of aryl methyl sites for hydroxylation is 1. The van der Waals surface area contributed by atoms with Crippen LogP contribution in [0.3, 0.4) is 0 Å². The third-order valence-electron chi connectivity index (χ3n) is 3.20. The summed E-state index contributed by atoms with van der Waals surface area (Å²) >= 11 is 5.04. The van der Waals surface area contributed by atoms with E-state index in [9.17, 15) is 0 Å². The molecule has 0 fully saturated rings. The van der Waals surface area contributed by atoms with E-state index in [0.29, 0.717) is 4.77 Å². The van der Waals surface area contributed by atoms with Crippen LogP contribution in [0.25, 0.3) is 0 Å². The SMILES string of the molecule is Cn1cnc(CN2CCc3[nH]c(=S)ncc3C2)c1. The van der Waals surface area contributed by atoms with E-state index in [1.54, 1.807) is 0 Å². The maximum absolute atomic E-state index is 5.04. The molecule has 3 rings (SSSR count). The molecule has 0 radical (unpaired) electrons. The second-order valence-electron chi connectivity index (χ2n) is 4.68. The van der Waals surface area contributed by atoms with Gasteiger partial charge in [0, 0.05) is 56.8 Å². The first-order valence-corrected chi connectivity index (χ1v) is 6.38. The van der Waals surface area contributed by atoms with Crippen molar-refractivity contribution in [3.8, 4) is 0 Å². The maximum Gasteiger partial charge on any atom is 0.196 e. The van der Waals surface area contributed by atoms with Crippen molar-refractivity contribution in [1.29, 1.82) is 0 Å². The van der Waals surface area contributed by atoms with Gasteiger partial charge in [-0.2, -0.15) is 0 Å². The number of aromatic amines is 1. The molecule has 1 aliphatic heterocycles. The van der Waals surface area contributed by atoms with E-state index in [-0.39, 0.29) is 0 Å². The monoisotopic (exact) mass is 261 g/mol. The standard InChI is InChI=1S/C12H15N5S/c1-16-6-10(14-8-16)7-17-3-2-11-9(5-17)4-13-12(18)15-11/h4,6,8H,2-3,5,7H2,1H3,(H,13,15,18). The summed E-state index contributed by atoms with van der Waals surface area (Å²) in [6.07, 6.45) is 6.78. The fraction of sp³-hybridized carbons (Fsp3) is 0.417. The summed E-state index contributed by atoms with van der Waals surface area (Å²) in [6, 6.07) is 0. The van der Waals surface area contributed by atoms with E-state index in [1.165, 1.54) is 11.3 Å². The Morgan fingerprint density at radius 3 is 3.11 bits per heavy atom. The summed E-state index contributed by atoms with van der Waals surface area (Å²) in [4.78, 5) is 14.1. The molecule has 3 heterocycles. The lowest BCUT2D eigenvalue weighted by Gasteiger charge is -2.27. The number of hydrogen-bond acceptors (Lipinski definition) is 4. The van der Waals surface area contributed by atoms with Crippen LogP contribution < -0.4 is 0 Å². The van der Waals surface area contributed by atoms with Gasteiger partial charge in [-0.3, -0.25) is 4.90 Å². The summed E-state index contributed by atoms with van der Waals surface area (Å²) < 4.78 is 2.55. The average molecular weight is 261 g/mol. The minimum Gasteiger partial charge on any atom is -0.340 e. The van der Waals surface area contributed by atoms with Gasteiger partial charge in [-0.15, -0.1) is 0 Å². The number of H-pyrrole nitrogens is 1. The minimum absolute atomic E-state index is 0.576. The molecule has 0 aliphatic carbocycles. The highest BCUT2D eigenvalue weighted by Crippen LogP contribution is 2.17. The van der Waals surface area contributed by atoms with Crippen molar-refractivity contribution in [3.05, 3.63) is 40.4 Å². The lowest BCUT2D eigenvalue weighted by Crippen LogP contribution is -2.31. The molecule has 0 saturated heterocycles. The van der Waals surface area contributed by atoms with Gasteiger partial charge in [0.05, 0.1) is 12.0 Å². The molecule has 2 aromatic heterocycles. The van der Waals surface area contributed by atoms with Crippen molar-refractivity contribution in [2.24, 2.45) is 7.05 Å². The first kappa shape index (κ1) is 11.6. The van der Waals surface area contributed by atoms with Crippen LogP contribution in [-0.4, -0.2) is 31.0 Å². The minimum atomic E-state index is 0.576. The van der Waals surface area contributed by atoms with E-state index < -0.39 is 0 Å². The molecule has 18 heavy (non-hydrogen) atoms. The van der Waals surface area contributed by atoms with Gasteiger partial charge < -0.3 is 9.55 Å². The first-order chi connectivity index (χ1) is 8.70. The Bertz CT molecular complexity index is 615. The third kappa shape index (κ3) is 2.34. The van der Waals surface area contributed by atoms with E-state index >= 15 is 0 Å². The highest BCUT2D eigenvalue weighted by atomic mass is 32.1. The lowest BCUT2D eigenvalue weighted by molar-refractivity contribution is 0.240. The normalized spacial score (nSPS) is 15.6. The van der Waals surface area contributed by atoms with Crippen LogP contribution in [0.5, 0.6) is 0 Å². The topological polar surface area (TPSA) is 49.7 Å². The van der Waals surface area contributed by atoms with Crippen LogP contribution in [-0.2, 0) is 26.6 Å². The smallest absolute Gasteiger partial charge is 0.196 e. The molecule has 94 valence electrons. The number of nitrogens with one attached hydrogen (secondary N) is 1. The van der Waals surface area contributed by atoms with Crippen LogP contribution >= 0.6 is 12.2 Å². The molecule has 2 aromatic rings. The van der Waals surface area contributed by atoms with E-state index in [1.807, 2.05) is 24.1 Å². The van der Waals surface area contributed by atoms with Gasteiger partial charge in [0.1, 0.15) is 0 Å². The molecule has 0 spiro atoms. The number of aromatic nitrogens is 4. The Balaban J connectivity index is 1.75. The molecular formula is C12H15N5S. The van der Waals surface area contributed by atoms with Crippen LogP contribution in [0.4, 0.5) is 0 Å². The van der Waals surface area contributed by atoms with Crippen LogP contribution in [0.15, 0.2) is 18.7 Å². The highest BCUT2D eigenvalue weighted by molar-refractivity contribution is 7.71. The molecule has 0 saturated carbocycles. The molecule has 6 heteroatoms. The van der Waals surface area contributed by atoms with Crippen molar-refractivity contribution in [2.45, 2.75) is 19.5 Å². The lowest BCUT2D eigenvalue weighted by atomic mass is 10.1. The molecule has 5 nitrogen and oxygen atoms in total. The number of imidazole rings is 1. The Kier molecular flexibility index (Phi) is 2.97. The van der Waals surface area contributed by atoms with Gasteiger partial charge in [0.15, 0.2) is 4.77 Å². The van der Waals surface area contributed by atoms with Gasteiger partial charge in [0.25, 0.3) is 0 Å². The summed E-state index contributed by atoms with van der Waals surface area (Å²) in [5, 5.41) is 0. The van der Waals surface area contributed by atoms with E-state index in [4.69, 9.17) is 12.2 Å². The zero-order valence-electron chi connectivity index (χ0n) is 10.3. The molecule has 0 atom stereocenters. The zero-order valence-corrected chi connectivity index (χ0v) is 11.1. The maximum atomic E-state index is 5.04. The Hall–Kier alpha value is -1.53. The van der Waals surface area contributed by atoms with Crippen molar-refractivity contribution in [3.63, 3.8) is 0 Å². The predicted molar refractivity (Wildman–Crippen MR) is 70.4 cm³/mol. The first-order valence-electron chi connectivity index (χ1n) is 5.97. The summed E-state index contributed by atoms with van der Waals surface area (Å²) in [5.41, 5.74) is 3.58. The van der Waals surface area contributed by atoms with Crippen molar-refractivity contribution in [2.75, 3.05) is 6.54 Å². The predicted octanol–water partition coefficient (Wildman–Crippen LogP) is 1.43. The molecule has 1 aliphatic rings. The number of rotatable bonds is 2. The summed E-state index contributed by atoms with van der Waals surface area (Å²) in [7, 11) is 1.99. The fourth-order valence-electron chi connectivity index (χ4n) is 2.32. The van der Waals surface area contributed by atoms with Gasteiger partial charge >= 0.3 is 0 Å². The van der Waals surface area contributed by atoms with Gasteiger partial charge in [0.2, 0.25) is 0 Å². The van der Waals surface area contributed by atoms with Gasteiger partial charge in [-0.25, -0.2) is 9.97 Å². The zero-order chi connectivity index (χ0) is 12.5. The number of fused-ring (bicyclic) bond motifs is 1. The summed E-state index contributed by atoms with van der Waals surface area (Å²) in [5.74, 6) is 0.